The SMILES string of the molecule is CC(C)(C)OC(=O)NCCCNC1=NC[C@@H](c2ccc3c(c2)CC[C@H]([C@](C)(ONC(=O)OC(C)(C)C)C(=O)OC(C)(C)C)O3)CN1. The second-order valence-corrected chi connectivity index (χ2v) is 14.8. The highest BCUT2D eigenvalue weighted by Crippen LogP contribution is 2.36. The van der Waals surface area contributed by atoms with Crippen molar-refractivity contribution in [3.63, 3.8) is 0 Å². The number of hydrogen-bond acceptors (Lipinski definition) is 11. The van der Waals surface area contributed by atoms with Crippen molar-refractivity contribution in [3.8, 4) is 5.75 Å². The van der Waals surface area contributed by atoms with Gasteiger partial charge in [0.1, 0.15) is 28.7 Å². The first-order valence-electron chi connectivity index (χ1n) is 15.9. The van der Waals surface area contributed by atoms with Gasteiger partial charge in [-0.1, -0.05) is 12.1 Å². The molecule has 0 aromatic heterocycles. The lowest BCUT2D eigenvalue weighted by Crippen LogP contribution is -2.58. The molecule has 0 spiro atoms. The molecule has 0 bridgehead atoms. The fourth-order valence-electron chi connectivity index (χ4n) is 4.80. The molecule has 258 valence electrons. The fraction of sp³-hybridized carbons (Fsp3) is 0.697. The van der Waals surface area contributed by atoms with Crippen molar-refractivity contribution in [3.05, 3.63) is 29.3 Å². The molecular weight excluding hydrogens is 594 g/mol. The van der Waals surface area contributed by atoms with Crippen LogP contribution in [-0.4, -0.2) is 78.8 Å². The molecule has 13 nitrogen and oxygen atoms in total. The quantitative estimate of drug-likeness (QED) is 0.130. The molecule has 0 fully saturated rings. The number of guanidine groups is 1. The number of hydroxylamine groups is 1. The van der Waals surface area contributed by atoms with Gasteiger partial charge in [0.25, 0.3) is 0 Å². The number of nitrogens with one attached hydrogen (secondary N) is 4. The minimum Gasteiger partial charge on any atom is -0.486 e. The second kappa shape index (κ2) is 14.8. The lowest BCUT2D eigenvalue weighted by atomic mass is 9.88. The third-order valence-corrected chi connectivity index (χ3v) is 6.96. The molecule has 3 atom stereocenters. The zero-order chi connectivity index (χ0) is 34.3. The van der Waals surface area contributed by atoms with E-state index >= 15 is 0 Å². The number of esters is 1. The summed E-state index contributed by atoms with van der Waals surface area (Å²) < 4.78 is 22.5. The first-order chi connectivity index (χ1) is 21.2. The average Bonchev–Trinajstić information content (AvgIpc) is 2.92. The van der Waals surface area contributed by atoms with Crippen LogP contribution in [0.2, 0.25) is 0 Å². The molecule has 2 aliphatic rings. The van der Waals surface area contributed by atoms with E-state index in [9.17, 15) is 14.4 Å². The molecule has 0 radical (unpaired) electrons. The van der Waals surface area contributed by atoms with Crippen molar-refractivity contribution in [2.24, 2.45) is 4.99 Å². The lowest BCUT2D eigenvalue weighted by molar-refractivity contribution is -0.205. The normalized spacial score (nSPS) is 19.6. The summed E-state index contributed by atoms with van der Waals surface area (Å²) in [5.41, 5.74) is 0.737. The number of hydrogen-bond donors (Lipinski definition) is 4. The van der Waals surface area contributed by atoms with Crippen LogP contribution in [0.4, 0.5) is 9.59 Å². The van der Waals surface area contributed by atoms with Crippen molar-refractivity contribution in [2.45, 2.75) is 123 Å². The molecule has 1 aromatic rings. The van der Waals surface area contributed by atoms with Gasteiger partial charge in [-0.05, 0) is 106 Å². The molecule has 13 heteroatoms. The van der Waals surface area contributed by atoms with Crippen molar-refractivity contribution < 1.29 is 38.2 Å². The Morgan fingerprint density at radius 1 is 0.913 bits per heavy atom. The summed E-state index contributed by atoms with van der Waals surface area (Å²) in [4.78, 5) is 47.9. The number of benzene rings is 1. The Labute approximate surface area is 272 Å². The standard InChI is InChI=1S/C33H53N5O8/c1-30(2,3)43-26(39)33(10,46-38-29(41)45-32(7,8)9)25-15-13-22-18-21(12-14-24(22)42-25)23-19-36-27(37-20-23)34-16-11-17-35-28(40)44-31(4,5)6/h12,14,18,23,25H,11,13,15-17,19-20H2,1-10H3,(H,35,40)(H,38,41)(H2,34,36,37)/t25-,33+/m1/s1. The summed E-state index contributed by atoms with van der Waals surface area (Å²) in [6.45, 7) is 20.0. The number of ether oxygens (including phenoxy) is 4. The van der Waals surface area contributed by atoms with Gasteiger partial charge in [-0.25, -0.2) is 19.2 Å². The molecule has 0 saturated carbocycles. The van der Waals surface area contributed by atoms with Gasteiger partial charge < -0.3 is 34.9 Å². The maximum absolute atomic E-state index is 13.4. The molecule has 2 amide bonds. The number of aryl methyl sites for hydroxylation is 1. The lowest BCUT2D eigenvalue weighted by Gasteiger charge is -2.39. The molecule has 0 aliphatic carbocycles. The smallest absolute Gasteiger partial charge is 0.431 e. The van der Waals surface area contributed by atoms with Crippen molar-refractivity contribution in [1.82, 2.24) is 21.4 Å². The van der Waals surface area contributed by atoms with Crippen LogP contribution in [0.1, 0.15) is 99.1 Å². The Morgan fingerprint density at radius 2 is 1.57 bits per heavy atom. The van der Waals surface area contributed by atoms with Gasteiger partial charge in [0.15, 0.2) is 5.96 Å². The molecule has 2 aliphatic heterocycles. The van der Waals surface area contributed by atoms with E-state index in [4.69, 9.17) is 23.8 Å². The minimum atomic E-state index is -1.64. The maximum Gasteiger partial charge on any atom is 0.431 e. The predicted molar refractivity (Wildman–Crippen MR) is 174 cm³/mol. The molecule has 2 heterocycles. The summed E-state index contributed by atoms with van der Waals surface area (Å²) in [7, 11) is 0. The van der Waals surface area contributed by atoms with E-state index in [1.165, 1.54) is 0 Å². The highest BCUT2D eigenvalue weighted by atomic mass is 16.7. The summed E-state index contributed by atoms with van der Waals surface area (Å²) in [5, 5.41) is 9.39. The number of carbonyl (C=O) groups excluding carboxylic acids is 3. The third kappa shape index (κ3) is 11.6. The Kier molecular flexibility index (Phi) is 11.8. The number of nitrogens with zero attached hydrogens (tertiary/aromatic N) is 1. The minimum absolute atomic E-state index is 0.177. The first kappa shape index (κ1) is 36.7. The van der Waals surface area contributed by atoms with E-state index in [2.05, 4.69) is 32.5 Å². The van der Waals surface area contributed by atoms with Crippen molar-refractivity contribution in [1.29, 1.82) is 0 Å². The van der Waals surface area contributed by atoms with Crippen LogP contribution in [0.25, 0.3) is 0 Å². The third-order valence-electron chi connectivity index (χ3n) is 6.96. The Bertz CT molecular complexity index is 1260. The van der Waals surface area contributed by atoms with Crippen LogP contribution in [0.5, 0.6) is 5.75 Å². The summed E-state index contributed by atoms with van der Waals surface area (Å²) in [6.07, 6.45) is -0.153. The van der Waals surface area contributed by atoms with Crippen molar-refractivity contribution >= 4 is 24.1 Å². The molecule has 3 rings (SSSR count). The highest BCUT2D eigenvalue weighted by molar-refractivity contribution is 5.81. The number of alkyl carbamates (subject to hydrolysis) is 1. The number of aliphatic imine (C=N–C) groups is 1. The molecule has 0 unspecified atom stereocenters. The number of amides is 2. The molecule has 46 heavy (non-hydrogen) atoms. The van der Waals surface area contributed by atoms with Crippen molar-refractivity contribution in [2.75, 3.05) is 26.2 Å². The van der Waals surface area contributed by atoms with Gasteiger partial charge in [0, 0.05) is 25.6 Å². The average molecular weight is 648 g/mol. The summed E-state index contributed by atoms with van der Waals surface area (Å²) in [6, 6.07) is 6.04. The van der Waals surface area contributed by atoms with Crippen LogP contribution >= 0.6 is 0 Å². The topological polar surface area (TPSA) is 158 Å². The van der Waals surface area contributed by atoms with Crippen LogP contribution in [-0.2, 0) is 30.3 Å². The molecule has 4 N–H and O–H groups in total. The number of fused-ring (bicyclic) bond motifs is 1. The van der Waals surface area contributed by atoms with E-state index in [1.54, 1.807) is 48.5 Å². The highest BCUT2D eigenvalue weighted by Gasteiger charge is 2.50. The fourth-order valence-corrected chi connectivity index (χ4v) is 4.80. The summed E-state index contributed by atoms with van der Waals surface area (Å²) >= 11 is 0. The monoisotopic (exact) mass is 647 g/mol. The van der Waals surface area contributed by atoms with E-state index in [-0.39, 0.29) is 5.92 Å². The van der Waals surface area contributed by atoms with Crippen LogP contribution in [0.3, 0.4) is 0 Å². The number of rotatable bonds is 9. The second-order valence-electron chi connectivity index (χ2n) is 14.8. The van der Waals surface area contributed by atoms with E-state index in [0.29, 0.717) is 44.8 Å². The molecule has 1 aromatic carbocycles. The Hall–Kier alpha value is -3.74. The zero-order valence-electron chi connectivity index (χ0n) is 29.0. The Balaban J connectivity index is 1.58. The zero-order valence-corrected chi connectivity index (χ0v) is 29.0. The molecule has 0 saturated heterocycles. The van der Waals surface area contributed by atoms with Crippen LogP contribution < -0.4 is 26.2 Å². The van der Waals surface area contributed by atoms with Gasteiger partial charge in [-0.15, -0.1) is 0 Å². The van der Waals surface area contributed by atoms with E-state index in [1.807, 2.05) is 32.9 Å². The first-order valence-corrected chi connectivity index (χ1v) is 15.9. The van der Waals surface area contributed by atoms with Crippen LogP contribution in [0.15, 0.2) is 23.2 Å². The largest absolute Gasteiger partial charge is 0.486 e. The van der Waals surface area contributed by atoms with Gasteiger partial charge in [0.2, 0.25) is 5.60 Å². The summed E-state index contributed by atoms with van der Waals surface area (Å²) in [5.74, 6) is 0.899. The van der Waals surface area contributed by atoms with E-state index < -0.39 is 46.7 Å². The van der Waals surface area contributed by atoms with Gasteiger partial charge in [-0.3, -0.25) is 4.99 Å². The van der Waals surface area contributed by atoms with Gasteiger partial charge in [-0.2, -0.15) is 5.48 Å². The maximum atomic E-state index is 13.4. The van der Waals surface area contributed by atoms with Crippen LogP contribution in [0, 0.1) is 0 Å². The van der Waals surface area contributed by atoms with Gasteiger partial charge in [0.05, 0.1) is 6.54 Å². The molecular formula is C33H53N5O8. The van der Waals surface area contributed by atoms with E-state index in [0.717, 1.165) is 23.5 Å². The Morgan fingerprint density at radius 3 is 2.17 bits per heavy atom. The predicted octanol–water partition coefficient (Wildman–Crippen LogP) is 4.48. The number of carbonyl (C=O) groups is 3. The van der Waals surface area contributed by atoms with Gasteiger partial charge >= 0.3 is 18.2 Å².